The molecule has 12 heavy (non-hydrogen) atoms. The Hall–Kier alpha value is -0.340. The van der Waals surface area contributed by atoms with Crippen LogP contribution in [0.1, 0.15) is 33.6 Å². The van der Waals surface area contributed by atoms with Gasteiger partial charge >= 0.3 is 0 Å². The molecule has 0 rings (SSSR count). The molecule has 0 N–H and O–H groups in total. The lowest BCUT2D eigenvalue weighted by Gasteiger charge is -2.11. The van der Waals surface area contributed by atoms with Crippen molar-refractivity contribution in [1.82, 2.24) is 0 Å². The first-order valence-corrected chi connectivity index (χ1v) is 4.69. The summed E-state index contributed by atoms with van der Waals surface area (Å²) in [5.74, 6) is 0. The van der Waals surface area contributed by atoms with Crippen molar-refractivity contribution in [1.29, 1.82) is 0 Å². The zero-order valence-corrected chi connectivity index (χ0v) is 8.38. The molecule has 0 saturated heterocycles. The third-order valence-corrected chi connectivity index (χ3v) is 1.44. The van der Waals surface area contributed by atoms with Gasteiger partial charge in [0.2, 0.25) is 0 Å². The van der Waals surface area contributed by atoms with Gasteiger partial charge in [0.1, 0.15) is 0 Å². The van der Waals surface area contributed by atoms with E-state index in [-0.39, 0.29) is 6.29 Å². The summed E-state index contributed by atoms with van der Waals surface area (Å²) in [4.78, 5) is 0. The van der Waals surface area contributed by atoms with Crippen LogP contribution in [0.4, 0.5) is 0 Å². The van der Waals surface area contributed by atoms with E-state index in [1.807, 2.05) is 13.8 Å². The van der Waals surface area contributed by atoms with Crippen LogP contribution >= 0.6 is 0 Å². The molecule has 0 bridgehead atoms. The van der Waals surface area contributed by atoms with Gasteiger partial charge in [-0.2, -0.15) is 0 Å². The number of hydrogen-bond acceptors (Lipinski definition) is 2. The van der Waals surface area contributed by atoms with E-state index < -0.39 is 0 Å². The van der Waals surface area contributed by atoms with Crippen molar-refractivity contribution >= 4 is 0 Å². The molecule has 0 fully saturated rings. The molecule has 0 amide bonds. The molecular formula is C10H20O2. The number of ether oxygens (including phenoxy) is 2. The summed E-state index contributed by atoms with van der Waals surface area (Å²) in [5, 5.41) is 0. The van der Waals surface area contributed by atoms with E-state index in [0.29, 0.717) is 6.61 Å². The number of hydrogen-bond donors (Lipinski definition) is 0. The van der Waals surface area contributed by atoms with Gasteiger partial charge in [-0.15, -0.1) is 0 Å². The van der Waals surface area contributed by atoms with E-state index in [2.05, 4.69) is 19.1 Å². The van der Waals surface area contributed by atoms with E-state index in [9.17, 15) is 0 Å². The van der Waals surface area contributed by atoms with Crippen LogP contribution in [0.5, 0.6) is 0 Å². The van der Waals surface area contributed by atoms with Crippen LogP contribution in [0.15, 0.2) is 12.2 Å². The van der Waals surface area contributed by atoms with Crippen molar-refractivity contribution in [3.8, 4) is 0 Å². The zero-order chi connectivity index (χ0) is 9.23. The molecule has 0 aliphatic heterocycles. The highest BCUT2D eigenvalue weighted by atomic mass is 16.7. The molecule has 0 saturated carbocycles. The van der Waals surface area contributed by atoms with Gasteiger partial charge in [0.15, 0.2) is 6.29 Å². The molecule has 0 aliphatic rings. The maximum absolute atomic E-state index is 5.36. The van der Waals surface area contributed by atoms with Crippen molar-refractivity contribution in [3.05, 3.63) is 12.2 Å². The van der Waals surface area contributed by atoms with Crippen LogP contribution in [0.3, 0.4) is 0 Å². The fourth-order valence-corrected chi connectivity index (χ4v) is 0.869. The Balaban J connectivity index is 3.13. The van der Waals surface area contributed by atoms with Crippen molar-refractivity contribution < 1.29 is 9.47 Å². The first-order chi connectivity index (χ1) is 5.81. The topological polar surface area (TPSA) is 18.5 Å². The molecule has 0 heterocycles. The van der Waals surface area contributed by atoms with Crippen molar-refractivity contribution in [2.45, 2.75) is 39.9 Å². The summed E-state index contributed by atoms with van der Waals surface area (Å²) < 4.78 is 10.6. The highest BCUT2D eigenvalue weighted by Crippen LogP contribution is 1.95. The van der Waals surface area contributed by atoms with Crippen LogP contribution in [0.2, 0.25) is 0 Å². The minimum absolute atomic E-state index is 0.0648. The number of rotatable bonds is 7. The molecule has 0 aromatic carbocycles. The monoisotopic (exact) mass is 172 g/mol. The Morgan fingerprint density at radius 3 is 2.50 bits per heavy atom. The molecule has 0 aromatic heterocycles. The first-order valence-electron chi connectivity index (χ1n) is 4.69. The van der Waals surface area contributed by atoms with E-state index in [1.54, 1.807) is 0 Å². The molecule has 0 radical (unpaired) electrons. The summed E-state index contributed by atoms with van der Waals surface area (Å²) in [6, 6.07) is 0. The van der Waals surface area contributed by atoms with Gasteiger partial charge in [-0.25, -0.2) is 0 Å². The van der Waals surface area contributed by atoms with Gasteiger partial charge in [0.05, 0.1) is 6.61 Å². The molecular weight excluding hydrogens is 152 g/mol. The quantitative estimate of drug-likeness (QED) is 0.334. The van der Waals surface area contributed by atoms with Gasteiger partial charge in [-0.1, -0.05) is 19.1 Å². The van der Waals surface area contributed by atoms with Gasteiger partial charge in [0.25, 0.3) is 0 Å². The zero-order valence-electron chi connectivity index (χ0n) is 8.38. The molecule has 0 spiro atoms. The van der Waals surface area contributed by atoms with Gasteiger partial charge in [0, 0.05) is 6.61 Å². The molecule has 0 aliphatic carbocycles. The second-order valence-corrected chi connectivity index (χ2v) is 2.56. The molecule has 72 valence electrons. The Morgan fingerprint density at radius 2 is 1.92 bits per heavy atom. The van der Waals surface area contributed by atoms with E-state index in [4.69, 9.17) is 9.47 Å². The molecule has 1 atom stereocenters. The Labute approximate surface area is 75.6 Å². The smallest absolute Gasteiger partial charge is 0.154 e. The highest BCUT2D eigenvalue weighted by molar-refractivity contribution is 4.79. The summed E-state index contributed by atoms with van der Waals surface area (Å²) in [7, 11) is 0. The SMILES string of the molecule is CC/C=C\CCO[C@H](C)OCC. The Kier molecular flexibility index (Phi) is 8.51. The van der Waals surface area contributed by atoms with E-state index in [1.165, 1.54) is 0 Å². The lowest BCUT2D eigenvalue weighted by Crippen LogP contribution is -2.12. The second kappa shape index (κ2) is 8.75. The fourth-order valence-electron chi connectivity index (χ4n) is 0.869. The second-order valence-electron chi connectivity index (χ2n) is 2.56. The van der Waals surface area contributed by atoms with Gasteiger partial charge in [-0.3, -0.25) is 0 Å². The molecule has 2 heteroatoms. The predicted octanol–water partition coefficient (Wildman–Crippen LogP) is 2.74. The van der Waals surface area contributed by atoms with E-state index >= 15 is 0 Å². The average molecular weight is 172 g/mol. The third kappa shape index (κ3) is 7.76. The minimum atomic E-state index is -0.0648. The molecule has 2 nitrogen and oxygen atoms in total. The van der Waals surface area contributed by atoms with Crippen molar-refractivity contribution in [2.24, 2.45) is 0 Å². The summed E-state index contributed by atoms with van der Waals surface area (Å²) in [6.07, 6.45) is 6.30. The Morgan fingerprint density at radius 1 is 1.17 bits per heavy atom. The maximum atomic E-state index is 5.36. The lowest BCUT2D eigenvalue weighted by molar-refractivity contribution is -0.125. The van der Waals surface area contributed by atoms with E-state index in [0.717, 1.165) is 19.4 Å². The number of allylic oxidation sites excluding steroid dienone is 1. The normalized spacial score (nSPS) is 13.9. The van der Waals surface area contributed by atoms with Crippen LogP contribution in [0, 0.1) is 0 Å². The maximum Gasteiger partial charge on any atom is 0.154 e. The lowest BCUT2D eigenvalue weighted by atomic mass is 10.3. The fraction of sp³-hybridized carbons (Fsp3) is 0.800. The molecule has 0 aromatic rings. The highest BCUT2D eigenvalue weighted by Gasteiger charge is 1.97. The minimum Gasteiger partial charge on any atom is -0.353 e. The Bertz CT molecular complexity index is 110. The van der Waals surface area contributed by atoms with Crippen molar-refractivity contribution in [2.75, 3.05) is 13.2 Å². The largest absolute Gasteiger partial charge is 0.353 e. The van der Waals surface area contributed by atoms with Crippen molar-refractivity contribution in [3.63, 3.8) is 0 Å². The summed E-state index contributed by atoms with van der Waals surface area (Å²) in [5.41, 5.74) is 0. The average Bonchev–Trinajstić information content (AvgIpc) is 2.05. The summed E-state index contributed by atoms with van der Waals surface area (Å²) in [6.45, 7) is 7.48. The van der Waals surface area contributed by atoms with Crippen LogP contribution in [0.25, 0.3) is 0 Å². The first kappa shape index (κ1) is 11.7. The standard InChI is InChI=1S/C10H20O2/c1-4-6-7-8-9-12-10(3)11-5-2/h6-7,10H,4-5,8-9H2,1-3H3/b7-6-/t10-/m1/s1. The molecule has 0 unspecified atom stereocenters. The van der Waals surface area contributed by atoms with Crippen LogP contribution in [-0.2, 0) is 9.47 Å². The van der Waals surface area contributed by atoms with Crippen LogP contribution < -0.4 is 0 Å². The predicted molar refractivity (Wildman–Crippen MR) is 51.1 cm³/mol. The van der Waals surface area contributed by atoms with Gasteiger partial charge < -0.3 is 9.47 Å². The third-order valence-electron chi connectivity index (χ3n) is 1.44. The summed E-state index contributed by atoms with van der Waals surface area (Å²) >= 11 is 0. The van der Waals surface area contributed by atoms with Gasteiger partial charge in [-0.05, 0) is 26.7 Å². The van der Waals surface area contributed by atoms with Crippen LogP contribution in [-0.4, -0.2) is 19.5 Å².